The van der Waals surface area contributed by atoms with Gasteiger partial charge in [0.25, 0.3) is 0 Å². The summed E-state index contributed by atoms with van der Waals surface area (Å²) in [5, 5.41) is 3.99. The van der Waals surface area contributed by atoms with Crippen LogP contribution in [0.2, 0.25) is 0 Å². The molecule has 0 radical (unpaired) electrons. The van der Waals surface area contributed by atoms with Gasteiger partial charge in [0.1, 0.15) is 4.32 Å². The van der Waals surface area contributed by atoms with Gasteiger partial charge in [0.05, 0.1) is 10.2 Å². The first-order valence-corrected chi connectivity index (χ1v) is 7.32. The Hall–Kier alpha value is -0.910. The molecule has 0 saturated carbocycles. The predicted octanol–water partition coefficient (Wildman–Crippen LogP) is 4.22. The Kier molecular flexibility index (Phi) is 4.15. The third-order valence-corrected chi connectivity index (χ3v) is 4.24. The third kappa shape index (κ3) is 3.28. The molecule has 0 aliphatic carbocycles. The van der Waals surface area contributed by atoms with Crippen molar-refractivity contribution in [2.45, 2.75) is 6.92 Å². The minimum absolute atomic E-state index is 0.737. The second-order valence-electron chi connectivity index (χ2n) is 3.50. The van der Waals surface area contributed by atoms with Crippen LogP contribution in [0.1, 0.15) is 5.56 Å². The van der Waals surface area contributed by atoms with Crippen LogP contribution in [0, 0.1) is 6.92 Å². The maximum atomic E-state index is 5.20. The Labute approximate surface area is 114 Å². The van der Waals surface area contributed by atoms with Crippen molar-refractivity contribution >= 4 is 55.0 Å². The van der Waals surface area contributed by atoms with Crippen LogP contribution in [0.4, 0.5) is 5.13 Å². The largest absolute Gasteiger partial charge is 0.317 e. The fourth-order valence-electron chi connectivity index (χ4n) is 1.34. The molecule has 2 nitrogen and oxygen atoms in total. The van der Waals surface area contributed by atoms with Gasteiger partial charge < -0.3 is 5.32 Å². The molecule has 0 atom stereocenters. The maximum absolute atomic E-state index is 5.20. The summed E-state index contributed by atoms with van der Waals surface area (Å²) in [6.45, 7) is 5.74. The van der Waals surface area contributed by atoms with E-state index in [1.165, 1.54) is 10.3 Å². The third-order valence-electron chi connectivity index (χ3n) is 2.09. The molecule has 1 N–H and O–H groups in total. The molecule has 0 aliphatic rings. The topological polar surface area (TPSA) is 24.9 Å². The Morgan fingerprint density at radius 2 is 2.47 bits per heavy atom. The Balaban J connectivity index is 2.14. The van der Waals surface area contributed by atoms with E-state index in [0.717, 1.165) is 20.7 Å². The lowest BCUT2D eigenvalue weighted by molar-refractivity contribution is 1.46. The van der Waals surface area contributed by atoms with Gasteiger partial charge >= 0.3 is 0 Å². The van der Waals surface area contributed by atoms with Crippen LogP contribution in [0.25, 0.3) is 10.2 Å². The van der Waals surface area contributed by atoms with Gasteiger partial charge in [0.15, 0.2) is 5.13 Å². The molecule has 0 fully saturated rings. The van der Waals surface area contributed by atoms with Gasteiger partial charge in [-0.1, -0.05) is 47.5 Å². The Morgan fingerprint density at radius 3 is 3.24 bits per heavy atom. The maximum Gasteiger partial charge on any atom is 0.189 e. The zero-order chi connectivity index (χ0) is 12.3. The van der Waals surface area contributed by atoms with E-state index in [1.54, 1.807) is 23.1 Å². The lowest BCUT2D eigenvalue weighted by Crippen LogP contribution is -2.04. The van der Waals surface area contributed by atoms with E-state index in [-0.39, 0.29) is 0 Å². The summed E-state index contributed by atoms with van der Waals surface area (Å²) in [7, 11) is 0. The van der Waals surface area contributed by atoms with Gasteiger partial charge in [0.2, 0.25) is 0 Å². The fraction of sp³-hybridized carbons (Fsp3) is 0.167. The van der Waals surface area contributed by atoms with E-state index in [4.69, 9.17) is 12.2 Å². The average Bonchev–Trinajstić information content (AvgIpc) is 2.67. The molecule has 17 heavy (non-hydrogen) atoms. The number of fused-ring (bicyclic) bond motifs is 1. The molecule has 5 heteroatoms. The highest BCUT2D eigenvalue weighted by Crippen LogP contribution is 2.27. The van der Waals surface area contributed by atoms with Crippen LogP contribution >= 0.6 is 35.3 Å². The molecule has 2 aromatic rings. The number of nitrogens with zero attached hydrogens (tertiary/aromatic N) is 1. The summed E-state index contributed by atoms with van der Waals surface area (Å²) < 4.78 is 1.92. The molecular formula is C12H12N2S3. The highest BCUT2D eigenvalue weighted by Gasteiger charge is 2.05. The van der Waals surface area contributed by atoms with Crippen molar-refractivity contribution in [1.29, 1.82) is 0 Å². The molecular weight excluding hydrogens is 268 g/mol. The molecule has 0 bridgehead atoms. The highest BCUT2D eigenvalue weighted by atomic mass is 32.2. The van der Waals surface area contributed by atoms with Crippen LogP contribution in [0.5, 0.6) is 0 Å². The Morgan fingerprint density at radius 1 is 1.65 bits per heavy atom. The van der Waals surface area contributed by atoms with Crippen molar-refractivity contribution in [2.75, 3.05) is 11.1 Å². The SMILES string of the molecule is C=CCSC(=S)Nc1nc2ccc(C)cc2s1. The molecule has 0 unspecified atom stereocenters. The normalized spacial score (nSPS) is 10.4. The van der Waals surface area contributed by atoms with Gasteiger partial charge in [-0.15, -0.1) is 6.58 Å². The van der Waals surface area contributed by atoms with E-state index in [1.807, 2.05) is 12.1 Å². The number of aromatic nitrogens is 1. The molecule has 1 aromatic heterocycles. The molecule has 1 aromatic carbocycles. The minimum atomic E-state index is 0.737. The first-order valence-electron chi connectivity index (χ1n) is 5.11. The lowest BCUT2D eigenvalue weighted by atomic mass is 10.2. The zero-order valence-electron chi connectivity index (χ0n) is 9.40. The van der Waals surface area contributed by atoms with Gasteiger partial charge in [0, 0.05) is 5.75 Å². The van der Waals surface area contributed by atoms with Crippen LogP contribution in [0.15, 0.2) is 30.9 Å². The fourth-order valence-corrected chi connectivity index (χ4v) is 3.18. The van der Waals surface area contributed by atoms with Crippen molar-refractivity contribution < 1.29 is 0 Å². The number of hydrogen-bond donors (Lipinski definition) is 1. The van der Waals surface area contributed by atoms with Crippen LogP contribution in [-0.4, -0.2) is 15.1 Å². The smallest absolute Gasteiger partial charge is 0.189 e. The summed E-state index contributed by atoms with van der Waals surface area (Å²) in [6, 6.07) is 6.24. The molecule has 88 valence electrons. The number of rotatable bonds is 3. The first kappa shape index (κ1) is 12.5. The second kappa shape index (κ2) is 5.62. The summed E-state index contributed by atoms with van der Waals surface area (Å²) in [4.78, 5) is 4.48. The minimum Gasteiger partial charge on any atom is -0.317 e. The molecule has 0 saturated heterocycles. The summed E-state index contributed by atoms with van der Waals surface area (Å²) >= 11 is 8.38. The average molecular weight is 280 g/mol. The van der Waals surface area contributed by atoms with E-state index >= 15 is 0 Å². The van der Waals surface area contributed by atoms with Gasteiger partial charge in [-0.3, -0.25) is 0 Å². The van der Waals surface area contributed by atoms with Crippen molar-refractivity contribution in [3.63, 3.8) is 0 Å². The summed E-state index contributed by atoms with van der Waals surface area (Å²) in [5.41, 5.74) is 2.26. The van der Waals surface area contributed by atoms with Crippen molar-refractivity contribution in [2.24, 2.45) is 0 Å². The number of aryl methyl sites for hydroxylation is 1. The molecule has 2 rings (SSSR count). The number of anilines is 1. The van der Waals surface area contributed by atoms with Crippen molar-refractivity contribution in [3.8, 4) is 0 Å². The zero-order valence-corrected chi connectivity index (χ0v) is 11.8. The quantitative estimate of drug-likeness (QED) is 0.672. The highest BCUT2D eigenvalue weighted by molar-refractivity contribution is 8.23. The van der Waals surface area contributed by atoms with E-state index in [9.17, 15) is 0 Å². The number of hydrogen-bond acceptors (Lipinski definition) is 4. The van der Waals surface area contributed by atoms with Gasteiger partial charge in [-0.25, -0.2) is 4.98 Å². The standard InChI is InChI=1S/C12H12N2S3/c1-3-6-16-12(15)14-11-13-9-5-4-8(2)7-10(9)17-11/h3-5,7H,1,6H2,2H3,(H,13,14,15). The summed E-state index contributed by atoms with van der Waals surface area (Å²) in [5.74, 6) is 0.815. The molecule has 0 spiro atoms. The Bertz CT molecular complexity index is 560. The number of benzene rings is 1. The van der Waals surface area contributed by atoms with E-state index in [2.05, 4.69) is 35.9 Å². The number of thioether (sulfide) groups is 1. The van der Waals surface area contributed by atoms with Crippen LogP contribution < -0.4 is 5.32 Å². The van der Waals surface area contributed by atoms with Crippen molar-refractivity contribution in [3.05, 3.63) is 36.4 Å². The van der Waals surface area contributed by atoms with Crippen LogP contribution in [-0.2, 0) is 0 Å². The second-order valence-corrected chi connectivity index (χ2v) is 6.23. The number of nitrogens with one attached hydrogen (secondary N) is 1. The molecule has 1 heterocycles. The number of thiocarbonyl (C=S) groups is 1. The predicted molar refractivity (Wildman–Crippen MR) is 83.2 cm³/mol. The lowest BCUT2D eigenvalue weighted by Gasteiger charge is -2.00. The van der Waals surface area contributed by atoms with Gasteiger partial charge in [-0.05, 0) is 24.6 Å². The van der Waals surface area contributed by atoms with E-state index < -0.39 is 0 Å². The van der Waals surface area contributed by atoms with Crippen LogP contribution in [0.3, 0.4) is 0 Å². The van der Waals surface area contributed by atoms with Gasteiger partial charge in [-0.2, -0.15) is 0 Å². The molecule has 0 amide bonds. The van der Waals surface area contributed by atoms with E-state index in [0.29, 0.717) is 0 Å². The molecule has 0 aliphatic heterocycles. The summed E-state index contributed by atoms with van der Waals surface area (Å²) in [6.07, 6.45) is 1.83. The van der Waals surface area contributed by atoms with Crippen molar-refractivity contribution in [1.82, 2.24) is 4.98 Å². The number of thiazole rings is 1. The monoisotopic (exact) mass is 280 g/mol. The first-order chi connectivity index (χ1) is 8.19.